The summed E-state index contributed by atoms with van der Waals surface area (Å²) < 4.78 is 27.3. The van der Waals surface area contributed by atoms with Gasteiger partial charge in [0.2, 0.25) is 15.9 Å². The second-order valence-electron chi connectivity index (χ2n) is 9.54. The lowest BCUT2D eigenvalue weighted by atomic mass is 9.99. The third kappa shape index (κ3) is 5.87. The molecule has 0 bridgehead atoms. The van der Waals surface area contributed by atoms with E-state index in [9.17, 15) is 13.2 Å². The fourth-order valence-electron chi connectivity index (χ4n) is 4.65. The lowest BCUT2D eigenvalue weighted by molar-refractivity contribution is -0.129. The molecule has 2 aliphatic heterocycles. The Bertz CT molecular complexity index is 1370. The smallest absolute Gasteiger partial charge is 0.243 e. The number of amides is 1. The molecule has 3 heterocycles. The number of fused-ring (bicyclic) bond motifs is 1. The highest BCUT2D eigenvalue weighted by atomic mass is 35.5. The summed E-state index contributed by atoms with van der Waals surface area (Å²) in [5, 5.41) is 1.26. The van der Waals surface area contributed by atoms with Crippen molar-refractivity contribution in [1.29, 1.82) is 0 Å². The molecule has 0 aliphatic carbocycles. The van der Waals surface area contributed by atoms with Crippen LogP contribution in [0.3, 0.4) is 0 Å². The molecule has 11 heteroatoms. The van der Waals surface area contributed by atoms with Crippen molar-refractivity contribution < 1.29 is 13.2 Å². The zero-order chi connectivity index (χ0) is 26.0. The number of rotatable bonds is 6. The van der Waals surface area contributed by atoms with Crippen LogP contribution in [-0.4, -0.2) is 78.5 Å². The zero-order valence-corrected chi connectivity index (χ0v) is 23.1. The number of carbonyl (C=O) groups is 1. The minimum atomic E-state index is -3.62. The number of hydrogen-bond donors (Lipinski definition) is 0. The van der Waals surface area contributed by atoms with E-state index in [4.69, 9.17) is 21.6 Å². The second-order valence-corrected chi connectivity index (χ2v) is 12.9. The summed E-state index contributed by atoms with van der Waals surface area (Å²) in [5.41, 5.74) is 1.66. The van der Waals surface area contributed by atoms with Crippen molar-refractivity contribution in [2.24, 2.45) is 5.92 Å². The van der Waals surface area contributed by atoms with Gasteiger partial charge in [-0.3, -0.25) is 4.79 Å². The predicted octanol–water partition coefficient (Wildman–Crippen LogP) is 4.14. The number of piperazine rings is 1. The number of para-hydroxylation sites is 2. The first-order valence-corrected chi connectivity index (χ1v) is 15.3. The van der Waals surface area contributed by atoms with E-state index in [0.29, 0.717) is 24.0 Å². The van der Waals surface area contributed by atoms with E-state index in [1.807, 2.05) is 24.3 Å². The second kappa shape index (κ2) is 11.1. The summed E-state index contributed by atoms with van der Waals surface area (Å²) in [4.78, 5) is 27.1. The van der Waals surface area contributed by atoms with Crippen LogP contribution in [0.1, 0.15) is 19.8 Å². The van der Waals surface area contributed by atoms with Gasteiger partial charge in [0.05, 0.1) is 21.7 Å². The highest BCUT2D eigenvalue weighted by Gasteiger charge is 2.30. The largest absolute Gasteiger partial charge is 0.354 e. The van der Waals surface area contributed by atoms with Crippen LogP contribution in [0.4, 0.5) is 5.82 Å². The van der Waals surface area contributed by atoms with Gasteiger partial charge in [0.1, 0.15) is 5.03 Å². The number of halogens is 1. The summed E-state index contributed by atoms with van der Waals surface area (Å²) >= 11 is 7.31. The van der Waals surface area contributed by atoms with Crippen LogP contribution >= 0.6 is 23.4 Å². The molecule has 2 saturated heterocycles. The van der Waals surface area contributed by atoms with Crippen molar-refractivity contribution in [3.8, 4) is 0 Å². The summed E-state index contributed by atoms with van der Waals surface area (Å²) in [6.07, 6.45) is 2.22. The molecule has 0 spiro atoms. The quantitative estimate of drug-likeness (QED) is 0.419. The van der Waals surface area contributed by atoms with E-state index in [0.717, 1.165) is 47.8 Å². The van der Waals surface area contributed by atoms with Gasteiger partial charge in [-0.05, 0) is 55.2 Å². The number of thioether (sulfide) groups is 1. The Hall–Kier alpha value is -2.40. The van der Waals surface area contributed by atoms with E-state index in [2.05, 4.69) is 11.8 Å². The molecular formula is C26H30ClN5O3S2. The van der Waals surface area contributed by atoms with E-state index >= 15 is 0 Å². The van der Waals surface area contributed by atoms with Gasteiger partial charge in [-0.15, -0.1) is 0 Å². The Morgan fingerprint density at radius 3 is 2.22 bits per heavy atom. The highest BCUT2D eigenvalue weighted by molar-refractivity contribution is 8.00. The Kier molecular flexibility index (Phi) is 7.90. The van der Waals surface area contributed by atoms with Gasteiger partial charge in [-0.2, -0.15) is 4.31 Å². The molecule has 1 amide bonds. The van der Waals surface area contributed by atoms with Crippen LogP contribution < -0.4 is 4.90 Å². The molecule has 196 valence electrons. The maximum atomic E-state index is 13.1. The minimum Gasteiger partial charge on any atom is -0.354 e. The number of anilines is 1. The molecule has 2 aliphatic rings. The molecule has 0 N–H and O–H groups in total. The summed E-state index contributed by atoms with van der Waals surface area (Å²) in [5.74, 6) is 1.75. The molecule has 0 radical (unpaired) electrons. The topological polar surface area (TPSA) is 86.7 Å². The van der Waals surface area contributed by atoms with Crippen molar-refractivity contribution in [2.75, 3.05) is 49.9 Å². The minimum absolute atomic E-state index is 0.0262. The van der Waals surface area contributed by atoms with E-state index in [1.54, 1.807) is 17.0 Å². The van der Waals surface area contributed by atoms with E-state index < -0.39 is 10.0 Å². The van der Waals surface area contributed by atoms with Crippen molar-refractivity contribution in [3.63, 3.8) is 0 Å². The Morgan fingerprint density at radius 2 is 1.57 bits per heavy atom. The molecular weight excluding hydrogens is 530 g/mol. The monoisotopic (exact) mass is 559 g/mol. The standard InChI is InChI=1S/C26H30ClN5O3S2/c1-19-10-12-31(13-11-19)25-26(29-23-5-3-2-4-22(23)28-25)36-18-24(33)30-14-16-32(17-15-30)37(34,35)21-8-6-20(27)7-9-21/h2-9,19H,10-18H2,1H3. The van der Waals surface area contributed by atoms with Crippen LogP contribution in [0.5, 0.6) is 0 Å². The molecule has 37 heavy (non-hydrogen) atoms. The first-order valence-electron chi connectivity index (χ1n) is 12.5. The molecule has 2 fully saturated rings. The van der Waals surface area contributed by atoms with Gasteiger partial charge in [-0.1, -0.05) is 42.4 Å². The number of sulfonamides is 1. The molecule has 0 atom stereocenters. The van der Waals surface area contributed by atoms with Crippen LogP contribution in [-0.2, 0) is 14.8 Å². The SMILES string of the molecule is CC1CCN(c2nc3ccccc3nc2SCC(=O)N2CCN(S(=O)(=O)c3ccc(Cl)cc3)CC2)CC1. The van der Waals surface area contributed by atoms with E-state index in [-0.39, 0.29) is 29.6 Å². The van der Waals surface area contributed by atoms with Gasteiger partial charge in [0, 0.05) is 44.3 Å². The predicted molar refractivity (Wildman–Crippen MR) is 148 cm³/mol. The third-order valence-electron chi connectivity index (χ3n) is 6.98. The molecule has 8 nitrogen and oxygen atoms in total. The summed E-state index contributed by atoms with van der Waals surface area (Å²) in [6.45, 7) is 5.36. The van der Waals surface area contributed by atoms with Crippen LogP contribution in [0.2, 0.25) is 5.02 Å². The zero-order valence-electron chi connectivity index (χ0n) is 20.7. The number of piperidine rings is 1. The molecule has 0 unspecified atom stereocenters. The lowest BCUT2D eigenvalue weighted by Gasteiger charge is -2.34. The van der Waals surface area contributed by atoms with Gasteiger partial charge < -0.3 is 9.80 Å². The molecule has 2 aromatic carbocycles. The van der Waals surface area contributed by atoms with Gasteiger partial charge in [0.15, 0.2) is 5.82 Å². The number of carbonyl (C=O) groups excluding carboxylic acids is 1. The first-order chi connectivity index (χ1) is 17.8. The van der Waals surface area contributed by atoms with Crippen molar-refractivity contribution >= 4 is 56.1 Å². The first kappa shape index (κ1) is 26.2. The lowest BCUT2D eigenvalue weighted by Crippen LogP contribution is -2.50. The van der Waals surface area contributed by atoms with Crippen LogP contribution in [0, 0.1) is 5.92 Å². The van der Waals surface area contributed by atoms with Gasteiger partial charge in [-0.25, -0.2) is 18.4 Å². The summed E-state index contributed by atoms with van der Waals surface area (Å²) in [7, 11) is -3.62. The van der Waals surface area contributed by atoms with Gasteiger partial charge in [0.25, 0.3) is 0 Å². The fraction of sp³-hybridized carbons (Fsp3) is 0.423. The normalized spacial score (nSPS) is 17.9. The maximum absolute atomic E-state index is 13.1. The Balaban J connectivity index is 1.24. The molecule has 5 rings (SSSR count). The van der Waals surface area contributed by atoms with Crippen LogP contribution in [0.15, 0.2) is 58.5 Å². The van der Waals surface area contributed by atoms with E-state index in [1.165, 1.54) is 28.2 Å². The molecule has 3 aromatic rings. The average molecular weight is 560 g/mol. The number of hydrogen-bond acceptors (Lipinski definition) is 7. The molecule has 0 saturated carbocycles. The fourth-order valence-corrected chi connectivity index (χ4v) is 7.11. The van der Waals surface area contributed by atoms with Crippen molar-refractivity contribution in [2.45, 2.75) is 29.7 Å². The van der Waals surface area contributed by atoms with Crippen LogP contribution in [0.25, 0.3) is 11.0 Å². The summed E-state index contributed by atoms with van der Waals surface area (Å²) in [6, 6.07) is 14.0. The maximum Gasteiger partial charge on any atom is 0.243 e. The Morgan fingerprint density at radius 1 is 0.946 bits per heavy atom. The van der Waals surface area contributed by atoms with Crippen molar-refractivity contribution in [1.82, 2.24) is 19.2 Å². The number of benzene rings is 2. The highest BCUT2D eigenvalue weighted by Crippen LogP contribution is 2.32. The average Bonchev–Trinajstić information content (AvgIpc) is 2.92. The third-order valence-corrected chi connectivity index (χ3v) is 10.1. The number of nitrogens with zero attached hydrogens (tertiary/aromatic N) is 5. The van der Waals surface area contributed by atoms with Gasteiger partial charge >= 0.3 is 0 Å². The Labute approximate surface area is 227 Å². The molecule has 1 aromatic heterocycles. The number of aromatic nitrogens is 2. The van der Waals surface area contributed by atoms with Crippen molar-refractivity contribution in [3.05, 3.63) is 53.6 Å².